The number of esters is 1. The molecule has 0 unspecified atom stereocenters. The van der Waals surface area contributed by atoms with E-state index in [9.17, 15) is 19.2 Å². The van der Waals surface area contributed by atoms with Gasteiger partial charge in [0.2, 0.25) is 5.91 Å². The van der Waals surface area contributed by atoms with Crippen LogP contribution in [0.5, 0.6) is 5.75 Å². The predicted molar refractivity (Wildman–Crippen MR) is 108 cm³/mol. The summed E-state index contributed by atoms with van der Waals surface area (Å²) < 4.78 is 10.3. The molecule has 8 nitrogen and oxygen atoms in total. The lowest BCUT2D eigenvalue weighted by Crippen LogP contribution is -2.46. The molecule has 0 saturated carbocycles. The number of rotatable bonds is 6. The van der Waals surface area contributed by atoms with Crippen LogP contribution in [0.25, 0.3) is 0 Å². The fourth-order valence-electron chi connectivity index (χ4n) is 3.13. The van der Waals surface area contributed by atoms with Gasteiger partial charge >= 0.3 is 5.97 Å². The van der Waals surface area contributed by atoms with E-state index >= 15 is 0 Å². The zero-order valence-electron chi connectivity index (χ0n) is 16.9. The first-order valence-electron chi connectivity index (χ1n) is 9.37. The van der Waals surface area contributed by atoms with Crippen molar-refractivity contribution in [3.8, 4) is 5.75 Å². The molecule has 0 spiro atoms. The van der Waals surface area contributed by atoms with Gasteiger partial charge in [-0.25, -0.2) is 0 Å². The maximum Gasteiger partial charge on any atom is 0.326 e. The van der Waals surface area contributed by atoms with E-state index < -0.39 is 36.3 Å². The van der Waals surface area contributed by atoms with Gasteiger partial charge in [0.15, 0.2) is 6.10 Å². The fraction of sp³-hybridized carbons (Fsp3) is 0.273. The molecule has 0 bridgehead atoms. The van der Waals surface area contributed by atoms with Crippen molar-refractivity contribution >= 4 is 29.4 Å². The second-order valence-electron chi connectivity index (χ2n) is 6.94. The van der Waals surface area contributed by atoms with Crippen molar-refractivity contribution in [1.82, 2.24) is 4.90 Å². The second kappa shape index (κ2) is 8.77. The molecule has 0 aromatic heterocycles. The molecule has 30 heavy (non-hydrogen) atoms. The summed E-state index contributed by atoms with van der Waals surface area (Å²) in [5.74, 6) is -1.99. The van der Waals surface area contributed by atoms with E-state index in [2.05, 4.69) is 5.32 Å². The Morgan fingerprint density at radius 3 is 2.63 bits per heavy atom. The molecule has 2 aromatic rings. The van der Waals surface area contributed by atoms with Gasteiger partial charge in [-0.05, 0) is 43.2 Å². The smallest absolute Gasteiger partial charge is 0.326 e. The molecule has 0 radical (unpaired) electrons. The molecule has 0 aliphatic carbocycles. The molecule has 0 saturated heterocycles. The summed E-state index contributed by atoms with van der Waals surface area (Å²) >= 11 is 0. The lowest BCUT2D eigenvalue weighted by atomic mass is 9.98. The van der Waals surface area contributed by atoms with Gasteiger partial charge in [-0.1, -0.05) is 24.3 Å². The highest BCUT2D eigenvalue weighted by atomic mass is 16.5. The minimum atomic E-state index is -1.13. The number of anilines is 1. The van der Waals surface area contributed by atoms with Crippen molar-refractivity contribution in [2.45, 2.75) is 26.4 Å². The largest absolute Gasteiger partial charge is 0.495 e. The van der Waals surface area contributed by atoms with E-state index in [-0.39, 0.29) is 6.42 Å². The average Bonchev–Trinajstić information content (AvgIpc) is 2.71. The van der Waals surface area contributed by atoms with Gasteiger partial charge in [-0.3, -0.25) is 24.1 Å². The van der Waals surface area contributed by atoms with Gasteiger partial charge in [0.25, 0.3) is 11.8 Å². The molecule has 0 fully saturated rings. The third-order valence-corrected chi connectivity index (χ3v) is 4.71. The lowest BCUT2D eigenvalue weighted by Gasteiger charge is -2.26. The van der Waals surface area contributed by atoms with E-state index in [0.717, 1.165) is 10.5 Å². The molecule has 1 aliphatic rings. The van der Waals surface area contributed by atoms with Crippen LogP contribution in [0, 0.1) is 6.92 Å². The van der Waals surface area contributed by atoms with Gasteiger partial charge in [0.1, 0.15) is 12.3 Å². The van der Waals surface area contributed by atoms with Crippen LogP contribution in [-0.4, -0.2) is 48.3 Å². The summed E-state index contributed by atoms with van der Waals surface area (Å²) in [5.41, 5.74) is 2.36. The molecule has 8 heteroatoms. The van der Waals surface area contributed by atoms with Crippen molar-refractivity contribution in [2.75, 3.05) is 19.0 Å². The Labute approximate surface area is 173 Å². The third-order valence-electron chi connectivity index (χ3n) is 4.71. The molecule has 156 valence electrons. The molecular formula is C22H22N2O6. The number of aryl methyl sites for hydroxylation is 1. The van der Waals surface area contributed by atoms with Crippen molar-refractivity contribution in [3.63, 3.8) is 0 Å². The Morgan fingerprint density at radius 2 is 1.90 bits per heavy atom. The van der Waals surface area contributed by atoms with Crippen LogP contribution in [0.1, 0.15) is 28.4 Å². The molecule has 1 atom stereocenters. The van der Waals surface area contributed by atoms with Crippen LogP contribution in [-0.2, 0) is 25.5 Å². The number of fused-ring (bicyclic) bond motifs is 1. The van der Waals surface area contributed by atoms with Crippen molar-refractivity contribution in [3.05, 3.63) is 59.2 Å². The number of nitrogens with one attached hydrogen (secondary N) is 1. The summed E-state index contributed by atoms with van der Waals surface area (Å²) in [6, 6.07) is 12.0. The second-order valence-corrected chi connectivity index (χ2v) is 6.94. The van der Waals surface area contributed by atoms with Gasteiger partial charge in [0, 0.05) is 5.56 Å². The van der Waals surface area contributed by atoms with Crippen LogP contribution in [0.3, 0.4) is 0 Å². The molecule has 3 rings (SSSR count). The minimum Gasteiger partial charge on any atom is -0.495 e. The molecular weight excluding hydrogens is 388 g/mol. The number of hydrogen-bond donors (Lipinski definition) is 1. The first-order chi connectivity index (χ1) is 14.3. The number of methoxy groups -OCH3 is 1. The van der Waals surface area contributed by atoms with Crippen molar-refractivity contribution < 1.29 is 28.7 Å². The van der Waals surface area contributed by atoms with Crippen LogP contribution in [0.2, 0.25) is 0 Å². The van der Waals surface area contributed by atoms with Gasteiger partial charge < -0.3 is 14.8 Å². The fourth-order valence-corrected chi connectivity index (χ4v) is 3.13. The highest BCUT2D eigenvalue weighted by molar-refractivity contribution is 6.11. The Balaban J connectivity index is 1.62. The van der Waals surface area contributed by atoms with Crippen molar-refractivity contribution in [2.24, 2.45) is 0 Å². The van der Waals surface area contributed by atoms with Crippen molar-refractivity contribution in [1.29, 1.82) is 0 Å². The van der Waals surface area contributed by atoms with E-state index in [1.165, 1.54) is 14.0 Å². The summed E-state index contributed by atoms with van der Waals surface area (Å²) in [7, 11) is 1.48. The maximum atomic E-state index is 12.5. The Kier molecular flexibility index (Phi) is 6.15. The molecule has 3 amide bonds. The number of carbonyl (C=O) groups is 4. The minimum absolute atomic E-state index is 0.0262. The Bertz CT molecular complexity index is 1020. The molecule has 2 aromatic carbocycles. The van der Waals surface area contributed by atoms with E-state index in [4.69, 9.17) is 9.47 Å². The van der Waals surface area contributed by atoms with E-state index in [0.29, 0.717) is 22.6 Å². The maximum absolute atomic E-state index is 12.5. The average molecular weight is 410 g/mol. The number of carbonyl (C=O) groups excluding carboxylic acids is 4. The van der Waals surface area contributed by atoms with Gasteiger partial charge in [-0.2, -0.15) is 0 Å². The molecule has 1 N–H and O–H groups in total. The quantitative estimate of drug-likeness (QED) is 0.578. The summed E-state index contributed by atoms with van der Waals surface area (Å²) in [6.07, 6.45) is -1.11. The zero-order valence-corrected chi connectivity index (χ0v) is 16.9. The van der Waals surface area contributed by atoms with Crippen LogP contribution in [0.4, 0.5) is 5.69 Å². The van der Waals surface area contributed by atoms with E-state index in [1.54, 1.807) is 36.4 Å². The Hall–Kier alpha value is -3.68. The number of hydrogen-bond acceptors (Lipinski definition) is 6. The third kappa shape index (κ3) is 4.48. The normalized spacial score (nSPS) is 14.0. The topological polar surface area (TPSA) is 102 Å². The van der Waals surface area contributed by atoms with Crippen LogP contribution in [0.15, 0.2) is 42.5 Å². The number of ether oxygens (including phenoxy) is 2. The first kappa shape index (κ1) is 21.0. The number of nitrogens with zero attached hydrogens (tertiary/aromatic N) is 1. The standard InChI is InChI=1S/C22H22N2O6/c1-13-8-9-18(29-3)17(10-13)23-21(27)14(2)30-20(26)12-24-19(25)11-15-6-4-5-7-16(15)22(24)28/h4-10,14H,11-12H2,1-3H3,(H,23,27)/t14-/m1/s1. The number of imide groups is 1. The van der Waals surface area contributed by atoms with Gasteiger partial charge in [0.05, 0.1) is 19.2 Å². The summed E-state index contributed by atoms with van der Waals surface area (Å²) in [6.45, 7) is 2.71. The zero-order chi connectivity index (χ0) is 21.8. The Morgan fingerprint density at radius 1 is 1.17 bits per heavy atom. The first-order valence-corrected chi connectivity index (χ1v) is 9.37. The highest BCUT2D eigenvalue weighted by Crippen LogP contribution is 2.25. The van der Waals surface area contributed by atoms with Gasteiger partial charge in [-0.15, -0.1) is 0 Å². The van der Waals surface area contributed by atoms with E-state index in [1.807, 2.05) is 13.0 Å². The SMILES string of the molecule is COc1ccc(C)cc1NC(=O)[C@@H](C)OC(=O)CN1C(=O)Cc2ccccc2C1=O. The molecule has 1 aliphatic heterocycles. The van der Waals surface area contributed by atoms with Crippen LogP contribution >= 0.6 is 0 Å². The molecule has 1 heterocycles. The lowest BCUT2D eigenvalue weighted by molar-refractivity contribution is -0.155. The number of benzene rings is 2. The highest BCUT2D eigenvalue weighted by Gasteiger charge is 2.33. The monoisotopic (exact) mass is 410 g/mol. The number of amides is 3. The summed E-state index contributed by atoms with van der Waals surface area (Å²) in [5, 5.41) is 2.65. The van der Waals surface area contributed by atoms with Crippen LogP contribution < -0.4 is 10.1 Å². The summed E-state index contributed by atoms with van der Waals surface area (Å²) in [4.78, 5) is 50.4. The predicted octanol–water partition coefficient (Wildman–Crippen LogP) is 2.10.